The van der Waals surface area contributed by atoms with Crippen LogP contribution in [0.4, 0.5) is 0 Å². The molecule has 2 aromatic heterocycles. The van der Waals surface area contributed by atoms with Crippen LogP contribution in [0.1, 0.15) is 23.1 Å². The first-order valence-electron chi connectivity index (χ1n) is 10.8. The summed E-state index contributed by atoms with van der Waals surface area (Å²) in [5, 5.41) is 4.32. The number of carbonyl (C=O) groups is 1. The lowest BCUT2D eigenvalue weighted by atomic mass is 9.96. The van der Waals surface area contributed by atoms with E-state index in [1.165, 1.54) is 0 Å². The Kier molecular flexibility index (Phi) is 5.12. The third kappa shape index (κ3) is 3.84. The molecule has 0 radical (unpaired) electrons. The van der Waals surface area contributed by atoms with Gasteiger partial charge < -0.3 is 14.2 Å². The topological polar surface area (TPSA) is 107 Å². The van der Waals surface area contributed by atoms with Crippen LogP contribution in [0, 0.1) is 13.8 Å². The Morgan fingerprint density at radius 2 is 1.91 bits per heavy atom. The van der Waals surface area contributed by atoms with Crippen LogP contribution in [0.25, 0.3) is 33.1 Å². The van der Waals surface area contributed by atoms with Crippen LogP contribution < -0.4 is 10.9 Å². The van der Waals surface area contributed by atoms with E-state index in [1.54, 1.807) is 13.2 Å². The highest BCUT2D eigenvalue weighted by molar-refractivity contribution is 7.91. The first kappa shape index (κ1) is 21.5. The number of hydrogen-bond donors (Lipinski definition) is 1. The van der Waals surface area contributed by atoms with Crippen molar-refractivity contribution in [2.24, 2.45) is 0 Å². The minimum Gasteiger partial charge on any atom is -0.463 e. The normalized spacial score (nSPS) is 17.6. The van der Waals surface area contributed by atoms with Gasteiger partial charge in [0.1, 0.15) is 11.2 Å². The number of aryl methyl sites for hydroxylation is 2. The molecule has 1 aliphatic heterocycles. The van der Waals surface area contributed by atoms with Crippen LogP contribution in [0.15, 0.2) is 56.3 Å². The van der Waals surface area contributed by atoms with Gasteiger partial charge in [0.15, 0.2) is 9.84 Å². The van der Waals surface area contributed by atoms with Crippen LogP contribution in [0.5, 0.6) is 0 Å². The van der Waals surface area contributed by atoms with Gasteiger partial charge in [0.05, 0.1) is 35.1 Å². The lowest BCUT2D eigenvalue weighted by Crippen LogP contribution is -2.37. The average molecular weight is 466 g/mol. The number of hydrogen-bond acceptors (Lipinski definition) is 6. The zero-order chi connectivity index (χ0) is 23.3. The summed E-state index contributed by atoms with van der Waals surface area (Å²) in [6.07, 6.45) is 1.89. The Hall–Kier alpha value is -3.39. The average Bonchev–Trinajstić information content (AvgIpc) is 3.35. The minimum atomic E-state index is -3.12. The highest BCUT2D eigenvalue weighted by Crippen LogP contribution is 2.38. The van der Waals surface area contributed by atoms with E-state index in [4.69, 9.17) is 8.83 Å². The third-order valence-corrected chi connectivity index (χ3v) is 8.07. The Morgan fingerprint density at radius 1 is 1.15 bits per heavy atom. The molecule has 1 atom stereocenters. The molecule has 0 saturated carbocycles. The zero-order valence-corrected chi connectivity index (χ0v) is 19.1. The summed E-state index contributed by atoms with van der Waals surface area (Å²) in [5.41, 5.74) is 4.16. The number of nitrogens with one attached hydrogen (secondary N) is 1. The highest BCUT2D eigenvalue weighted by atomic mass is 32.2. The molecule has 1 saturated heterocycles. The van der Waals surface area contributed by atoms with Crippen molar-refractivity contribution < 1.29 is 22.0 Å². The number of carbonyl (C=O) groups excluding carboxylic acids is 1. The zero-order valence-electron chi connectivity index (χ0n) is 18.3. The molecule has 8 heteroatoms. The van der Waals surface area contributed by atoms with Crippen LogP contribution in [0.3, 0.4) is 0 Å². The Balaban J connectivity index is 1.58. The van der Waals surface area contributed by atoms with Crippen molar-refractivity contribution in [3.8, 4) is 11.1 Å². The molecule has 0 aliphatic carbocycles. The molecule has 4 aromatic rings. The van der Waals surface area contributed by atoms with Gasteiger partial charge in [-0.15, -0.1) is 0 Å². The van der Waals surface area contributed by atoms with Gasteiger partial charge in [-0.1, -0.05) is 30.3 Å². The molecule has 1 aliphatic rings. The van der Waals surface area contributed by atoms with Gasteiger partial charge in [0.25, 0.3) is 0 Å². The second-order valence-corrected chi connectivity index (χ2v) is 10.9. The summed E-state index contributed by atoms with van der Waals surface area (Å²) < 4.78 is 34.9. The number of sulfone groups is 1. The van der Waals surface area contributed by atoms with Crippen LogP contribution in [-0.2, 0) is 21.1 Å². The molecule has 0 bridgehead atoms. The molecule has 1 N–H and O–H groups in total. The second-order valence-electron chi connectivity index (χ2n) is 8.62. The van der Waals surface area contributed by atoms with Gasteiger partial charge in [-0.3, -0.25) is 4.79 Å². The van der Waals surface area contributed by atoms with Crippen molar-refractivity contribution in [3.63, 3.8) is 0 Å². The minimum absolute atomic E-state index is 0.0641. The van der Waals surface area contributed by atoms with E-state index in [0.29, 0.717) is 28.5 Å². The van der Waals surface area contributed by atoms with Crippen molar-refractivity contribution in [2.45, 2.75) is 32.7 Å². The summed E-state index contributed by atoms with van der Waals surface area (Å²) in [7, 11) is -3.12. The van der Waals surface area contributed by atoms with Crippen LogP contribution >= 0.6 is 0 Å². The molecule has 3 heterocycles. The van der Waals surface area contributed by atoms with Gasteiger partial charge in [0, 0.05) is 17.0 Å². The van der Waals surface area contributed by atoms with E-state index in [9.17, 15) is 18.0 Å². The fourth-order valence-electron chi connectivity index (χ4n) is 4.67. The van der Waals surface area contributed by atoms with E-state index < -0.39 is 27.4 Å². The number of amides is 1. The molecule has 5 rings (SSSR count). The monoisotopic (exact) mass is 465 g/mol. The number of benzene rings is 2. The molecule has 170 valence electrons. The molecule has 1 amide bonds. The number of fused-ring (bicyclic) bond motifs is 3. The third-order valence-electron chi connectivity index (χ3n) is 6.30. The van der Waals surface area contributed by atoms with Crippen molar-refractivity contribution in [1.82, 2.24) is 5.32 Å². The summed E-state index contributed by atoms with van der Waals surface area (Å²) in [4.78, 5) is 25.3. The maximum Gasteiger partial charge on any atom is 0.340 e. The van der Waals surface area contributed by atoms with Crippen LogP contribution in [0.2, 0.25) is 0 Å². The highest BCUT2D eigenvalue weighted by Gasteiger charge is 2.29. The molecule has 7 nitrogen and oxygen atoms in total. The van der Waals surface area contributed by atoms with Gasteiger partial charge in [0.2, 0.25) is 5.91 Å². The summed E-state index contributed by atoms with van der Waals surface area (Å²) in [6.45, 7) is 3.72. The number of furan rings is 1. The van der Waals surface area contributed by atoms with Crippen molar-refractivity contribution in [2.75, 3.05) is 11.5 Å². The van der Waals surface area contributed by atoms with Gasteiger partial charge in [-0.25, -0.2) is 13.2 Å². The second kappa shape index (κ2) is 7.88. The van der Waals surface area contributed by atoms with Crippen molar-refractivity contribution in [1.29, 1.82) is 0 Å². The fraction of sp³-hybridized carbons (Fsp3) is 0.280. The first-order chi connectivity index (χ1) is 15.7. The SMILES string of the molecule is Cc1cc2oc(=O)c(CC(=O)NC3CCS(=O)(=O)C3)c(C)c2c2occ(-c3ccccc3)c12. The maximum absolute atomic E-state index is 12.7. The molecular weight excluding hydrogens is 442 g/mol. The lowest BCUT2D eigenvalue weighted by molar-refractivity contribution is -0.121. The van der Waals surface area contributed by atoms with Crippen LogP contribution in [-0.4, -0.2) is 31.9 Å². The summed E-state index contributed by atoms with van der Waals surface area (Å²) in [5.74, 6) is -0.410. The predicted octanol–water partition coefficient (Wildman–Crippen LogP) is 3.67. The maximum atomic E-state index is 12.7. The smallest absolute Gasteiger partial charge is 0.340 e. The summed E-state index contributed by atoms with van der Waals surface area (Å²) in [6, 6.07) is 11.3. The quantitative estimate of drug-likeness (QED) is 0.461. The molecule has 33 heavy (non-hydrogen) atoms. The van der Waals surface area contributed by atoms with Gasteiger partial charge in [-0.05, 0) is 43.0 Å². The lowest BCUT2D eigenvalue weighted by Gasteiger charge is -2.13. The first-order valence-corrected chi connectivity index (χ1v) is 12.6. The Morgan fingerprint density at radius 3 is 2.61 bits per heavy atom. The largest absolute Gasteiger partial charge is 0.463 e. The number of rotatable bonds is 4. The van der Waals surface area contributed by atoms with Gasteiger partial charge in [-0.2, -0.15) is 0 Å². The molecule has 0 spiro atoms. The Bertz CT molecular complexity index is 1560. The predicted molar refractivity (Wildman–Crippen MR) is 126 cm³/mol. The van der Waals surface area contributed by atoms with E-state index in [-0.39, 0.29) is 23.5 Å². The van der Waals surface area contributed by atoms with E-state index in [1.807, 2.05) is 43.3 Å². The van der Waals surface area contributed by atoms with E-state index in [0.717, 1.165) is 22.1 Å². The fourth-order valence-corrected chi connectivity index (χ4v) is 6.34. The standard InChI is InChI=1S/C25H23NO6S/c1-14-10-20-23(24-22(14)19(12-31-24)16-6-4-3-5-7-16)15(2)18(25(28)32-20)11-21(27)26-17-8-9-33(29,30)13-17/h3-7,10,12,17H,8-9,11,13H2,1-2H3,(H,26,27). The van der Waals surface area contributed by atoms with Gasteiger partial charge >= 0.3 is 5.63 Å². The van der Waals surface area contributed by atoms with Crippen molar-refractivity contribution in [3.05, 3.63) is 69.8 Å². The molecule has 2 aromatic carbocycles. The van der Waals surface area contributed by atoms with E-state index >= 15 is 0 Å². The summed E-state index contributed by atoms with van der Waals surface area (Å²) >= 11 is 0. The molecule has 1 fully saturated rings. The molecule has 1 unspecified atom stereocenters. The van der Waals surface area contributed by atoms with Crippen molar-refractivity contribution >= 4 is 37.7 Å². The van der Waals surface area contributed by atoms with E-state index in [2.05, 4.69) is 5.32 Å². The molecular formula is C25H23NO6S. The Labute approximate surface area is 190 Å².